The normalized spacial score (nSPS) is 10.4. The zero-order chi connectivity index (χ0) is 14.5. The van der Waals surface area contributed by atoms with Crippen LogP contribution in [0, 0.1) is 0 Å². The molecule has 20 heavy (non-hydrogen) atoms. The molecule has 0 saturated heterocycles. The molecule has 0 amide bonds. The van der Waals surface area contributed by atoms with Crippen LogP contribution in [-0.2, 0) is 0 Å². The molecular weight excluding hydrogens is 475 g/mol. The van der Waals surface area contributed by atoms with E-state index in [1.165, 1.54) is 11.4 Å². The van der Waals surface area contributed by atoms with Crippen molar-refractivity contribution in [2.24, 2.45) is 0 Å². The number of rotatable bonds is 5. The third-order valence-electron chi connectivity index (χ3n) is 2.91. The first-order valence-electron chi connectivity index (χ1n) is 6.46. The van der Waals surface area contributed by atoms with Crippen LogP contribution in [0.4, 0.5) is 11.4 Å². The van der Waals surface area contributed by atoms with Gasteiger partial charge >= 0.3 is 139 Å². The van der Waals surface area contributed by atoms with Gasteiger partial charge in [-0.25, -0.2) is 0 Å². The summed E-state index contributed by atoms with van der Waals surface area (Å²) in [6, 6.07) is 17.9. The van der Waals surface area contributed by atoms with Crippen molar-refractivity contribution in [3.63, 3.8) is 0 Å². The minimum absolute atomic E-state index is 0.0536. The molecule has 2 nitrogen and oxygen atoms in total. The molecule has 2 aromatic carbocycles. The van der Waals surface area contributed by atoms with E-state index in [0.717, 1.165) is 0 Å². The van der Waals surface area contributed by atoms with Crippen LogP contribution in [0.15, 0.2) is 48.5 Å². The fourth-order valence-electron chi connectivity index (χ4n) is 1.80. The Hall–Kier alpha value is -0.381. The molecule has 0 N–H and O–H groups in total. The fourth-order valence-corrected chi connectivity index (χ4v) is 12.8. The second kappa shape index (κ2) is 7.58. The van der Waals surface area contributed by atoms with Gasteiger partial charge in [0.2, 0.25) is 0 Å². The first kappa shape index (κ1) is 16.0. The number of hydrogen-bond acceptors (Lipinski definition) is 2. The monoisotopic (exact) mass is 500 g/mol. The number of hydrogen-bond donors (Lipinski definition) is 0. The van der Waals surface area contributed by atoms with Gasteiger partial charge in [-0.15, -0.1) is 0 Å². The van der Waals surface area contributed by atoms with Crippen LogP contribution >= 0.6 is 0 Å². The summed E-state index contributed by atoms with van der Waals surface area (Å²) in [5.74, 6) is 0. The molecule has 0 bridgehead atoms. The Labute approximate surface area is 138 Å². The first-order valence-corrected chi connectivity index (χ1v) is 16.1. The Morgan fingerprint density at radius 1 is 0.750 bits per heavy atom. The van der Waals surface area contributed by atoms with Gasteiger partial charge in [-0.2, -0.15) is 0 Å². The molecule has 2 aromatic rings. The molecular formula is C16H20N2Te2. The van der Waals surface area contributed by atoms with Gasteiger partial charge in [0.25, 0.3) is 0 Å². The molecule has 4 heteroatoms. The van der Waals surface area contributed by atoms with Crippen LogP contribution in [0.25, 0.3) is 0 Å². The topological polar surface area (TPSA) is 6.48 Å². The summed E-state index contributed by atoms with van der Waals surface area (Å²) in [7, 11) is 8.49. The van der Waals surface area contributed by atoms with E-state index in [9.17, 15) is 0 Å². The molecule has 0 atom stereocenters. The van der Waals surface area contributed by atoms with Crippen LogP contribution in [-0.4, -0.2) is 62.3 Å². The van der Waals surface area contributed by atoms with Crippen LogP contribution in [0.1, 0.15) is 0 Å². The fraction of sp³-hybridized carbons (Fsp3) is 0.250. The zero-order valence-electron chi connectivity index (χ0n) is 12.3. The molecule has 0 heterocycles. The summed E-state index contributed by atoms with van der Waals surface area (Å²) in [5.41, 5.74) is 2.73. The van der Waals surface area contributed by atoms with E-state index in [2.05, 4.69) is 86.5 Å². The first-order chi connectivity index (χ1) is 9.58. The molecule has 0 aliphatic heterocycles. The Morgan fingerprint density at radius 2 is 1.50 bits per heavy atom. The Morgan fingerprint density at radius 3 is 2.20 bits per heavy atom. The average molecular weight is 496 g/mol. The zero-order valence-corrected chi connectivity index (χ0v) is 17.0. The van der Waals surface area contributed by atoms with Crippen molar-refractivity contribution in [3.8, 4) is 0 Å². The van der Waals surface area contributed by atoms with Gasteiger partial charge < -0.3 is 0 Å². The Kier molecular flexibility index (Phi) is 6.06. The SMILES string of the molecule is CN(C)c1cccc([Te][Te]c2ccccc2N(C)C)c1. The second-order valence-corrected chi connectivity index (χ2v) is 14.9. The molecule has 0 aliphatic rings. The van der Waals surface area contributed by atoms with E-state index >= 15 is 0 Å². The molecule has 0 unspecified atom stereocenters. The average Bonchev–Trinajstić information content (AvgIpc) is 2.45. The van der Waals surface area contributed by atoms with Gasteiger partial charge in [0.15, 0.2) is 0 Å². The molecule has 0 saturated carbocycles. The van der Waals surface area contributed by atoms with E-state index in [4.69, 9.17) is 0 Å². The van der Waals surface area contributed by atoms with Gasteiger partial charge in [0, 0.05) is 0 Å². The van der Waals surface area contributed by atoms with Crippen LogP contribution < -0.4 is 17.0 Å². The van der Waals surface area contributed by atoms with Crippen LogP contribution in [0.3, 0.4) is 0 Å². The van der Waals surface area contributed by atoms with Crippen molar-refractivity contribution in [1.82, 2.24) is 0 Å². The predicted molar refractivity (Wildman–Crippen MR) is 92.3 cm³/mol. The molecule has 0 aliphatic carbocycles. The maximum absolute atomic E-state index is 2.37. The Bertz CT molecular complexity index is 568. The van der Waals surface area contributed by atoms with Crippen LogP contribution in [0.2, 0.25) is 0 Å². The molecule has 106 valence electrons. The third kappa shape index (κ3) is 4.31. The van der Waals surface area contributed by atoms with Crippen molar-refractivity contribution in [2.45, 2.75) is 0 Å². The van der Waals surface area contributed by atoms with Crippen molar-refractivity contribution < 1.29 is 0 Å². The second-order valence-electron chi connectivity index (χ2n) is 4.92. The maximum atomic E-state index is 2.37. The summed E-state index contributed by atoms with van der Waals surface area (Å²) < 4.78 is 3.18. The quantitative estimate of drug-likeness (QED) is 0.574. The van der Waals surface area contributed by atoms with Crippen molar-refractivity contribution in [1.29, 1.82) is 0 Å². The summed E-state index contributed by atoms with van der Waals surface area (Å²) in [5, 5.41) is 0. The van der Waals surface area contributed by atoms with E-state index in [1.54, 1.807) is 7.22 Å². The number of para-hydroxylation sites is 1. The van der Waals surface area contributed by atoms with Gasteiger partial charge in [0.1, 0.15) is 0 Å². The van der Waals surface area contributed by atoms with Gasteiger partial charge in [-0.1, -0.05) is 0 Å². The number of anilines is 2. The summed E-state index contributed by atoms with van der Waals surface area (Å²) in [6.07, 6.45) is 0. The van der Waals surface area contributed by atoms with Crippen molar-refractivity contribution in [3.05, 3.63) is 48.5 Å². The van der Waals surface area contributed by atoms with Crippen LogP contribution in [0.5, 0.6) is 0 Å². The number of nitrogens with zero attached hydrogens (tertiary/aromatic N) is 2. The predicted octanol–water partition coefficient (Wildman–Crippen LogP) is 1.09. The van der Waals surface area contributed by atoms with E-state index < -0.39 is 0 Å². The minimum atomic E-state index is -0.0653. The van der Waals surface area contributed by atoms with E-state index in [0.29, 0.717) is 0 Å². The van der Waals surface area contributed by atoms with Crippen molar-refractivity contribution in [2.75, 3.05) is 38.0 Å². The molecule has 2 rings (SSSR count). The molecule has 0 spiro atoms. The molecule has 0 radical (unpaired) electrons. The number of benzene rings is 2. The molecule has 0 fully saturated rings. The summed E-state index contributed by atoms with van der Waals surface area (Å²) in [6.45, 7) is 0. The van der Waals surface area contributed by atoms with Crippen molar-refractivity contribution >= 4 is 52.7 Å². The Balaban J connectivity index is 2.11. The van der Waals surface area contributed by atoms with Gasteiger partial charge in [-0.3, -0.25) is 0 Å². The van der Waals surface area contributed by atoms with Gasteiger partial charge in [-0.05, 0) is 0 Å². The molecule has 0 aromatic heterocycles. The third-order valence-corrected chi connectivity index (χ3v) is 14.6. The summed E-state index contributed by atoms with van der Waals surface area (Å²) in [4.78, 5) is 4.42. The van der Waals surface area contributed by atoms with E-state index in [1.807, 2.05) is 0 Å². The standard InChI is InChI=1S/C16H20N2Te2/c1-17(2)13-8-7-9-14(12-13)19-20-16-11-6-5-10-15(16)18(3)4/h5-12H,1-4H3. The van der Waals surface area contributed by atoms with E-state index in [-0.39, 0.29) is 34.1 Å². The van der Waals surface area contributed by atoms with Gasteiger partial charge in [0.05, 0.1) is 0 Å². The summed E-state index contributed by atoms with van der Waals surface area (Å²) >= 11 is -0.119.